The van der Waals surface area contributed by atoms with Crippen LogP contribution in [-0.4, -0.2) is 31.6 Å². The lowest BCUT2D eigenvalue weighted by molar-refractivity contribution is -0.145. The fourth-order valence-electron chi connectivity index (χ4n) is 3.10. The molecule has 2 atom stereocenters. The highest BCUT2D eigenvalue weighted by Gasteiger charge is 2.32. The van der Waals surface area contributed by atoms with Crippen molar-refractivity contribution >= 4 is 33.5 Å². The second-order valence-electron chi connectivity index (χ2n) is 7.10. The first-order valence-corrected chi connectivity index (χ1v) is 10.9. The summed E-state index contributed by atoms with van der Waals surface area (Å²) < 4.78 is 37.7. The molecular formula is C21H19N3O6S. The third-order valence-corrected chi connectivity index (χ3v) is 6.34. The smallest absolute Gasteiger partial charge is 0.344 e. The molecule has 2 heterocycles. The highest BCUT2D eigenvalue weighted by Crippen LogP contribution is 2.26. The van der Waals surface area contributed by atoms with E-state index < -0.39 is 28.0 Å². The number of rotatable bonds is 5. The first-order chi connectivity index (χ1) is 14.7. The molecule has 2 aliphatic rings. The van der Waals surface area contributed by atoms with Gasteiger partial charge in [-0.25, -0.2) is 17.9 Å². The number of anilines is 2. The number of hydrogen-bond donors (Lipinski definition) is 2. The van der Waals surface area contributed by atoms with Gasteiger partial charge in [0.1, 0.15) is 11.7 Å². The van der Waals surface area contributed by atoms with Crippen molar-refractivity contribution in [3.05, 3.63) is 71.5 Å². The van der Waals surface area contributed by atoms with Gasteiger partial charge in [0.05, 0.1) is 10.6 Å². The Bertz CT molecular complexity index is 1240. The normalized spacial score (nSPS) is 19.9. The van der Waals surface area contributed by atoms with Gasteiger partial charge in [-0.3, -0.25) is 4.79 Å². The van der Waals surface area contributed by atoms with Crippen molar-refractivity contribution in [1.82, 2.24) is 5.16 Å². The summed E-state index contributed by atoms with van der Waals surface area (Å²) in [6, 6.07) is 5.50. The molecule has 2 N–H and O–H groups in total. The fraction of sp³-hybridized carbons (Fsp3) is 0.190. The van der Waals surface area contributed by atoms with E-state index in [2.05, 4.69) is 15.2 Å². The quantitative estimate of drug-likeness (QED) is 0.539. The maximum Gasteiger partial charge on any atom is 0.344 e. The Morgan fingerprint density at radius 2 is 1.81 bits per heavy atom. The van der Waals surface area contributed by atoms with Crippen LogP contribution in [0.15, 0.2) is 69.6 Å². The van der Waals surface area contributed by atoms with E-state index in [4.69, 9.17) is 9.26 Å². The Kier molecular flexibility index (Phi) is 5.24. The van der Waals surface area contributed by atoms with E-state index in [0.29, 0.717) is 16.9 Å². The number of aryl methyl sites for hydroxylation is 1. The van der Waals surface area contributed by atoms with Crippen molar-refractivity contribution in [2.24, 2.45) is 5.92 Å². The SMILES string of the molecule is Cc1noc(NS(=O)(=O)c2ccc(NC(=O)C3=CC4C=CC=CC4OC3=O)cc2)c1C. The van der Waals surface area contributed by atoms with E-state index in [0.717, 1.165) is 0 Å². The van der Waals surface area contributed by atoms with Gasteiger partial charge in [0, 0.05) is 17.2 Å². The lowest BCUT2D eigenvalue weighted by Crippen LogP contribution is -2.34. The summed E-state index contributed by atoms with van der Waals surface area (Å²) in [6.45, 7) is 3.39. The number of carbonyl (C=O) groups excluding carboxylic acids is 2. The van der Waals surface area contributed by atoms with Crippen LogP contribution in [0.25, 0.3) is 0 Å². The third kappa shape index (κ3) is 4.15. The molecule has 1 amide bonds. The number of esters is 1. The van der Waals surface area contributed by atoms with E-state index in [9.17, 15) is 18.0 Å². The van der Waals surface area contributed by atoms with Crippen molar-refractivity contribution in [3.8, 4) is 0 Å². The number of ether oxygens (including phenoxy) is 1. The van der Waals surface area contributed by atoms with Gasteiger partial charge < -0.3 is 14.6 Å². The first-order valence-electron chi connectivity index (χ1n) is 9.39. The molecule has 2 aromatic rings. The number of carbonyl (C=O) groups is 2. The number of aromatic nitrogens is 1. The zero-order valence-electron chi connectivity index (χ0n) is 16.7. The van der Waals surface area contributed by atoms with Crippen molar-refractivity contribution < 1.29 is 27.3 Å². The van der Waals surface area contributed by atoms with Crippen LogP contribution in [0.4, 0.5) is 11.6 Å². The summed E-state index contributed by atoms with van der Waals surface area (Å²) in [5.74, 6) is -1.50. The average molecular weight is 441 g/mol. The summed E-state index contributed by atoms with van der Waals surface area (Å²) in [7, 11) is -3.91. The molecule has 0 spiro atoms. The van der Waals surface area contributed by atoms with Crippen molar-refractivity contribution in [2.45, 2.75) is 24.8 Å². The Morgan fingerprint density at radius 3 is 2.48 bits per heavy atom. The molecule has 0 radical (unpaired) electrons. The Balaban J connectivity index is 1.47. The van der Waals surface area contributed by atoms with Crippen molar-refractivity contribution in [3.63, 3.8) is 0 Å². The Labute approximate surface area is 178 Å². The minimum atomic E-state index is -3.91. The van der Waals surface area contributed by atoms with Crippen molar-refractivity contribution in [1.29, 1.82) is 0 Å². The summed E-state index contributed by atoms with van der Waals surface area (Å²) >= 11 is 0. The third-order valence-electron chi connectivity index (χ3n) is 5.00. The van der Waals surface area contributed by atoms with Crippen molar-refractivity contribution in [2.75, 3.05) is 10.0 Å². The largest absolute Gasteiger partial charge is 0.453 e. The molecule has 0 saturated heterocycles. The van der Waals surface area contributed by atoms with Crippen LogP contribution in [0.1, 0.15) is 11.3 Å². The van der Waals surface area contributed by atoms with E-state index in [1.54, 1.807) is 32.1 Å². The van der Waals surface area contributed by atoms with Gasteiger partial charge in [0.25, 0.3) is 15.9 Å². The summed E-state index contributed by atoms with van der Waals surface area (Å²) in [5.41, 5.74) is 1.39. The fourth-order valence-corrected chi connectivity index (χ4v) is 4.14. The molecule has 1 aliphatic carbocycles. The number of sulfonamides is 1. The predicted octanol–water partition coefficient (Wildman–Crippen LogP) is 2.62. The summed E-state index contributed by atoms with van der Waals surface area (Å²) in [6.07, 6.45) is 8.35. The summed E-state index contributed by atoms with van der Waals surface area (Å²) in [5, 5.41) is 6.30. The minimum absolute atomic E-state index is 0.0304. The molecule has 4 rings (SSSR count). The highest BCUT2D eigenvalue weighted by molar-refractivity contribution is 7.92. The Hall–Kier alpha value is -3.66. The van der Waals surface area contributed by atoms with Crippen LogP contribution in [-0.2, 0) is 24.3 Å². The van der Waals surface area contributed by atoms with E-state index in [-0.39, 0.29) is 22.3 Å². The number of allylic oxidation sites excluding steroid dienone is 2. The number of nitrogens with zero attached hydrogens (tertiary/aromatic N) is 1. The number of hydrogen-bond acceptors (Lipinski definition) is 7. The number of amides is 1. The zero-order chi connectivity index (χ0) is 22.2. The van der Waals surface area contributed by atoms with Crippen LogP contribution in [0, 0.1) is 19.8 Å². The van der Waals surface area contributed by atoms with Gasteiger partial charge in [0.2, 0.25) is 5.88 Å². The second kappa shape index (κ2) is 7.88. The molecule has 2 unspecified atom stereocenters. The lowest BCUT2D eigenvalue weighted by atomic mass is 9.92. The molecule has 1 aromatic heterocycles. The van der Waals surface area contributed by atoms with Gasteiger partial charge in [-0.05, 0) is 44.2 Å². The standard InChI is InChI=1S/C21H19N3O6S/c1-12-13(2)23-30-20(12)24-31(27,28)16-9-7-15(8-10-16)22-19(25)17-11-14-5-3-4-6-18(14)29-21(17)26/h3-11,14,18,24H,1-2H3,(H,22,25). The molecule has 1 aliphatic heterocycles. The molecule has 160 valence electrons. The number of nitrogens with one attached hydrogen (secondary N) is 2. The molecule has 1 aromatic carbocycles. The van der Waals surface area contributed by atoms with Crippen LogP contribution >= 0.6 is 0 Å². The van der Waals surface area contributed by atoms with Gasteiger partial charge in [0.15, 0.2) is 0 Å². The molecule has 0 bridgehead atoms. The monoisotopic (exact) mass is 441 g/mol. The second-order valence-corrected chi connectivity index (χ2v) is 8.79. The van der Waals surface area contributed by atoms with Crippen LogP contribution in [0.5, 0.6) is 0 Å². The molecular weight excluding hydrogens is 422 g/mol. The van der Waals surface area contributed by atoms with Gasteiger partial charge in [-0.15, -0.1) is 0 Å². The first kappa shape index (κ1) is 20.6. The topological polar surface area (TPSA) is 128 Å². The molecule has 0 fully saturated rings. The maximum atomic E-state index is 12.6. The maximum absolute atomic E-state index is 12.6. The highest BCUT2D eigenvalue weighted by atomic mass is 32.2. The summed E-state index contributed by atoms with van der Waals surface area (Å²) in [4.78, 5) is 24.7. The minimum Gasteiger partial charge on any atom is -0.453 e. The zero-order valence-corrected chi connectivity index (χ0v) is 17.5. The average Bonchev–Trinajstić information content (AvgIpc) is 3.05. The molecule has 0 saturated carbocycles. The van der Waals surface area contributed by atoms with Gasteiger partial charge >= 0.3 is 5.97 Å². The molecule has 31 heavy (non-hydrogen) atoms. The van der Waals surface area contributed by atoms with E-state index in [1.165, 1.54) is 24.3 Å². The van der Waals surface area contributed by atoms with Crippen LogP contribution in [0.2, 0.25) is 0 Å². The van der Waals surface area contributed by atoms with Gasteiger partial charge in [-0.1, -0.05) is 29.5 Å². The van der Waals surface area contributed by atoms with Crippen LogP contribution in [0.3, 0.4) is 0 Å². The predicted molar refractivity (Wildman–Crippen MR) is 112 cm³/mol. The molecule has 10 heteroatoms. The number of fused-ring (bicyclic) bond motifs is 1. The van der Waals surface area contributed by atoms with E-state index in [1.807, 2.05) is 12.2 Å². The number of benzene rings is 1. The van der Waals surface area contributed by atoms with E-state index >= 15 is 0 Å². The van der Waals surface area contributed by atoms with Crippen LogP contribution < -0.4 is 10.0 Å². The molecule has 9 nitrogen and oxygen atoms in total. The Morgan fingerprint density at radius 1 is 1.10 bits per heavy atom. The lowest BCUT2D eigenvalue weighted by Gasteiger charge is -2.27. The van der Waals surface area contributed by atoms with Gasteiger partial charge in [-0.2, -0.15) is 0 Å².